The summed E-state index contributed by atoms with van der Waals surface area (Å²) in [6.07, 6.45) is 1.63. The van der Waals surface area contributed by atoms with Crippen LogP contribution in [0.25, 0.3) is 6.08 Å². The summed E-state index contributed by atoms with van der Waals surface area (Å²) in [6.45, 7) is 0. The molecular formula is C23H19BrN2O3. The van der Waals surface area contributed by atoms with Crippen molar-refractivity contribution in [1.29, 1.82) is 0 Å². The summed E-state index contributed by atoms with van der Waals surface area (Å²) < 4.78 is 5.77. The van der Waals surface area contributed by atoms with Crippen molar-refractivity contribution >= 4 is 39.5 Å². The quantitative estimate of drug-likeness (QED) is 0.526. The topological polar surface area (TPSA) is 67.4 Å². The van der Waals surface area contributed by atoms with E-state index in [1.807, 2.05) is 36.4 Å². The van der Waals surface area contributed by atoms with Gasteiger partial charge in [-0.2, -0.15) is 0 Å². The first-order chi connectivity index (χ1) is 14.1. The molecule has 2 amide bonds. The van der Waals surface area contributed by atoms with Gasteiger partial charge in [-0.15, -0.1) is 0 Å². The molecule has 0 aliphatic carbocycles. The van der Waals surface area contributed by atoms with Crippen LogP contribution in [0.2, 0.25) is 0 Å². The zero-order valence-electron chi connectivity index (χ0n) is 15.7. The monoisotopic (exact) mass is 450 g/mol. The molecule has 29 heavy (non-hydrogen) atoms. The van der Waals surface area contributed by atoms with Crippen molar-refractivity contribution in [3.05, 3.63) is 100 Å². The van der Waals surface area contributed by atoms with E-state index in [1.165, 1.54) is 0 Å². The number of nitrogens with one attached hydrogen (secondary N) is 2. The van der Waals surface area contributed by atoms with Gasteiger partial charge in [0.05, 0.1) is 12.7 Å². The smallest absolute Gasteiger partial charge is 0.272 e. The van der Waals surface area contributed by atoms with Crippen LogP contribution >= 0.6 is 15.9 Å². The standard InChI is InChI=1S/C23H19BrN2O3/c1-29-18-13-11-17(12-14-18)25-23(28)21(15-16-7-3-2-4-8-16)26-22(27)19-9-5-6-10-20(19)24/h2-15H,1H3,(H,25,28)(H,26,27). The number of carbonyl (C=O) groups is 2. The number of halogens is 1. The average Bonchev–Trinajstić information content (AvgIpc) is 2.74. The van der Waals surface area contributed by atoms with Crippen molar-refractivity contribution in [2.45, 2.75) is 0 Å². The van der Waals surface area contributed by atoms with E-state index in [1.54, 1.807) is 55.7 Å². The van der Waals surface area contributed by atoms with Crippen LogP contribution in [0.5, 0.6) is 5.75 Å². The van der Waals surface area contributed by atoms with Crippen molar-refractivity contribution in [2.75, 3.05) is 12.4 Å². The van der Waals surface area contributed by atoms with E-state index in [0.29, 0.717) is 21.5 Å². The number of carbonyl (C=O) groups excluding carboxylic acids is 2. The maximum Gasteiger partial charge on any atom is 0.272 e. The minimum Gasteiger partial charge on any atom is -0.497 e. The molecule has 0 heterocycles. The second-order valence-electron chi connectivity index (χ2n) is 6.09. The molecule has 0 radical (unpaired) electrons. The number of rotatable bonds is 6. The number of methoxy groups -OCH3 is 1. The van der Waals surface area contributed by atoms with Crippen LogP contribution < -0.4 is 15.4 Å². The van der Waals surface area contributed by atoms with E-state index in [0.717, 1.165) is 5.56 Å². The van der Waals surface area contributed by atoms with Crippen LogP contribution in [0.3, 0.4) is 0 Å². The second kappa shape index (κ2) is 9.71. The fourth-order valence-electron chi connectivity index (χ4n) is 2.58. The molecule has 0 spiro atoms. The summed E-state index contributed by atoms with van der Waals surface area (Å²) in [7, 11) is 1.57. The zero-order chi connectivity index (χ0) is 20.6. The summed E-state index contributed by atoms with van der Waals surface area (Å²) in [5, 5.41) is 5.52. The number of hydrogen-bond acceptors (Lipinski definition) is 3. The number of benzene rings is 3. The van der Waals surface area contributed by atoms with Gasteiger partial charge in [-0.05, 0) is 64.0 Å². The van der Waals surface area contributed by atoms with Gasteiger partial charge < -0.3 is 15.4 Å². The van der Waals surface area contributed by atoms with E-state index in [-0.39, 0.29) is 11.6 Å². The molecule has 0 saturated carbocycles. The van der Waals surface area contributed by atoms with E-state index in [4.69, 9.17) is 4.74 Å². The maximum absolute atomic E-state index is 12.9. The summed E-state index contributed by atoms with van der Waals surface area (Å²) in [5.74, 6) is -0.130. The molecular weight excluding hydrogens is 432 g/mol. The number of hydrogen-bond donors (Lipinski definition) is 2. The van der Waals surface area contributed by atoms with Crippen LogP contribution in [-0.2, 0) is 4.79 Å². The average molecular weight is 451 g/mol. The summed E-state index contributed by atoms with van der Waals surface area (Å²) in [6, 6.07) is 23.3. The lowest BCUT2D eigenvalue weighted by molar-refractivity contribution is -0.113. The zero-order valence-corrected chi connectivity index (χ0v) is 17.3. The Morgan fingerprint density at radius 2 is 1.55 bits per heavy atom. The van der Waals surface area contributed by atoms with Gasteiger partial charge in [-0.25, -0.2) is 0 Å². The molecule has 2 N–H and O–H groups in total. The van der Waals surface area contributed by atoms with Crippen LogP contribution in [0.4, 0.5) is 5.69 Å². The molecule has 0 bridgehead atoms. The highest BCUT2D eigenvalue weighted by atomic mass is 79.9. The maximum atomic E-state index is 12.9. The Hall–Kier alpha value is -3.38. The fraction of sp³-hybridized carbons (Fsp3) is 0.0435. The van der Waals surface area contributed by atoms with E-state index in [9.17, 15) is 9.59 Å². The number of ether oxygens (including phenoxy) is 1. The van der Waals surface area contributed by atoms with Crippen molar-refractivity contribution in [1.82, 2.24) is 5.32 Å². The lowest BCUT2D eigenvalue weighted by atomic mass is 10.1. The van der Waals surface area contributed by atoms with Crippen LogP contribution in [0.15, 0.2) is 89.0 Å². The van der Waals surface area contributed by atoms with Crippen LogP contribution in [0, 0.1) is 0 Å². The molecule has 3 aromatic rings. The molecule has 5 nitrogen and oxygen atoms in total. The molecule has 0 unspecified atom stereocenters. The highest BCUT2D eigenvalue weighted by molar-refractivity contribution is 9.10. The number of amides is 2. The Labute approximate surface area is 177 Å². The molecule has 146 valence electrons. The van der Waals surface area contributed by atoms with E-state index >= 15 is 0 Å². The Kier molecular flexibility index (Phi) is 6.81. The largest absolute Gasteiger partial charge is 0.497 e. The number of anilines is 1. The van der Waals surface area contributed by atoms with Gasteiger partial charge in [0.25, 0.3) is 11.8 Å². The van der Waals surface area contributed by atoms with Crippen molar-refractivity contribution in [3.63, 3.8) is 0 Å². The first-order valence-electron chi connectivity index (χ1n) is 8.85. The van der Waals surface area contributed by atoms with Crippen LogP contribution in [0.1, 0.15) is 15.9 Å². The van der Waals surface area contributed by atoms with Gasteiger partial charge in [0.2, 0.25) is 0 Å². The van der Waals surface area contributed by atoms with Gasteiger partial charge >= 0.3 is 0 Å². The first-order valence-corrected chi connectivity index (χ1v) is 9.64. The minimum atomic E-state index is -0.431. The van der Waals surface area contributed by atoms with Gasteiger partial charge in [0, 0.05) is 10.2 Å². The molecule has 0 aliphatic rings. The van der Waals surface area contributed by atoms with Gasteiger partial charge in [0.15, 0.2) is 0 Å². The third kappa shape index (κ3) is 5.56. The molecule has 0 aromatic heterocycles. The van der Waals surface area contributed by atoms with Gasteiger partial charge in [0.1, 0.15) is 11.4 Å². The Bertz CT molecular complexity index is 1030. The highest BCUT2D eigenvalue weighted by Crippen LogP contribution is 2.18. The Morgan fingerprint density at radius 3 is 2.21 bits per heavy atom. The highest BCUT2D eigenvalue weighted by Gasteiger charge is 2.16. The molecule has 3 aromatic carbocycles. The normalized spacial score (nSPS) is 10.9. The predicted molar refractivity (Wildman–Crippen MR) is 118 cm³/mol. The van der Waals surface area contributed by atoms with Crippen molar-refractivity contribution < 1.29 is 14.3 Å². The van der Waals surface area contributed by atoms with Crippen molar-refractivity contribution in [2.24, 2.45) is 0 Å². The predicted octanol–water partition coefficient (Wildman–Crippen LogP) is 4.87. The van der Waals surface area contributed by atoms with Crippen molar-refractivity contribution in [3.8, 4) is 5.75 Å². The van der Waals surface area contributed by atoms with Crippen LogP contribution in [-0.4, -0.2) is 18.9 Å². The summed E-state index contributed by atoms with van der Waals surface area (Å²) in [5.41, 5.74) is 1.95. The molecule has 6 heteroatoms. The third-order valence-electron chi connectivity index (χ3n) is 4.07. The first kappa shape index (κ1) is 20.4. The van der Waals surface area contributed by atoms with E-state index in [2.05, 4.69) is 26.6 Å². The molecule has 0 saturated heterocycles. The Balaban J connectivity index is 1.86. The third-order valence-corrected chi connectivity index (χ3v) is 4.76. The fourth-order valence-corrected chi connectivity index (χ4v) is 3.05. The lowest BCUT2D eigenvalue weighted by Gasteiger charge is -2.12. The second-order valence-corrected chi connectivity index (χ2v) is 6.94. The molecule has 3 rings (SSSR count). The lowest BCUT2D eigenvalue weighted by Crippen LogP contribution is -2.31. The molecule has 0 fully saturated rings. The summed E-state index contributed by atoms with van der Waals surface area (Å²) in [4.78, 5) is 25.6. The minimum absolute atomic E-state index is 0.132. The van der Waals surface area contributed by atoms with Gasteiger partial charge in [-0.1, -0.05) is 42.5 Å². The SMILES string of the molecule is COc1ccc(NC(=O)C(=Cc2ccccc2)NC(=O)c2ccccc2Br)cc1. The van der Waals surface area contributed by atoms with E-state index < -0.39 is 5.91 Å². The summed E-state index contributed by atoms with van der Waals surface area (Å²) >= 11 is 3.37. The Morgan fingerprint density at radius 1 is 0.897 bits per heavy atom. The molecule has 0 aliphatic heterocycles. The molecule has 0 atom stereocenters. The van der Waals surface area contributed by atoms with Gasteiger partial charge in [-0.3, -0.25) is 9.59 Å².